The minimum atomic E-state index is -0.733. The summed E-state index contributed by atoms with van der Waals surface area (Å²) in [7, 11) is 1.64. The summed E-state index contributed by atoms with van der Waals surface area (Å²) in [6.07, 6.45) is 1.59. The predicted octanol–water partition coefficient (Wildman–Crippen LogP) is 4.29. The number of benzene rings is 2. The first kappa shape index (κ1) is 23.6. The predicted molar refractivity (Wildman–Crippen MR) is 122 cm³/mol. The van der Waals surface area contributed by atoms with E-state index >= 15 is 0 Å². The van der Waals surface area contributed by atoms with E-state index in [1.807, 2.05) is 31.2 Å². The summed E-state index contributed by atoms with van der Waals surface area (Å²) in [5, 5.41) is 6.16. The van der Waals surface area contributed by atoms with Gasteiger partial charge in [0, 0.05) is 18.7 Å². The Balaban J connectivity index is 0.00000320. The van der Waals surface area contributed by atoms with Crippen molar-refractivity contribution in [3.63, 3.8) is 0 Å². The number of aliphatic imine (C=N–C) groups is 1. The molecule has 0 aliphatic rings. The van der Waals surface area contributed by atoms with Crippen LogP contribution in [0.4, 0.5) is 8.78 Å². The lowest BCUT2D eigenvalue weighted by molar-refractivity contribution is 0.304. The first-order valence-electron chi connectivity index (χ1n) is 9.09. The Morgan fingerprint density at radius 3 is 2.60 bits per heavy atom. The number of ether oxygens (including phenoxy) is 1. The molecule has 6 nitrogen and oxygen atoms in total. The van der Waals surface area contributed by atoms with Crippen molar-refractivity contribution in [2.24, 2.45) is 4.99 Å². The fraction of sp³-hybridized carbons (Fsp3) is 0.238. The van der Waals surface area contributed by atoms with Gasteiger partial charge >= 0.3 is 0 Å². The van der Waals surface area contributed by atoms with E-state index in [2.05, 4.69) is 20.6 Å². The van der Waals surface area contributed by atoms with Crippen LogP contribution in [-0.2, 0) is 6.54 Å². The van der Waals surface area contributed by atoms with Gasteiger partial charge in [-0.15, -0.1) is 24.0 Å². The highest BCUT2D eigenvalue weighted by Gasteiger charge is 2.08. The van der Waals surface area contributed by atoms with E-state index in [9.17, 15) is 8.78 Å². The van der Waals surface area contributed by atoms with Crippen LogP contribution in [0.5, 0.6) is 5.75 Å². The van der Waals surface area contributed by atoms with Crippen LogP contribution >= 0.6 is 24.0 Å². The molecule has 3 rings (SSSR count). The van der Waals surface area contributed by atoms with Crippen LogP contribution < -0.4 is 15.4 Å². The molecule has 0 amide bonds. The maximum atomic E-state index is 13.5. The molecule has 0 fully saturated rings. The molecule has 0 saturated heterocycles. The Hall–Kier alpha value is -2.69. The molecule has 0 atom stereocenters. The molecular weight excluding hydrogens is 505 g/mol. The lowest BCUT2D eigenvalue weighted by Crippen LogP contribution is -2.39. The third kappa shape index (κ3) is 6.68. The molecule has 3 aromatic rings. The van der Waals surface area contributed by atoms with Gasteiger partial charge in [-0.2, -0.15) is 0 Å². The summed E-state index contributed by atoms with van der Waals surface area (Å²) in [5.74, 6) is -0.284. The van der Waals surface area contributed by atoms with Gasteiger partial charge < -0.3 is 19.8 Å². The highest BCUT2D eigenvalue weighted by Crippen LogP contribution is 2.19. The van der Waals surface area contributed by atoms with E-state index in [0.29, 0.717) is 24.9 Å². The van der Waals surface area contributed by atoms with Crippen LogP contribution in [0.25, 0.3) is 11.5 Å². The molecule has 30 heavy (non-hydrogen) atoms. The zero-order valence-electron chi connectivity index (χ0n) is 16.6. The second-order valence-corrected chi connectivity index (χ2v) is 6.29. The molecule has 1 aromatic heterocycles. The number of rotatable bonds is 7. The summed E-state index contributed by atoms with van der Waals surface area (Å²) >= 11 is 0. The number of nitrogens with zero attached hydrogens (tertiary/aromatic N) is 2. The number of hydrogen-bond acceptors (Lipinski definition) is 4. The van der Waals surface area contributed by atoms with E-state index in [1.165, 1.54) is 11.6 Å². The second kappa shape index (κ2) is 11.5. The van der Waals surface area contributed by atoms with E-state index in [4.69, 9.17) is 9.15 Å². The van der Waals surface area contributed by atoms with Crippen molar-refractivity contribution < 1.29 is 17.9 Å². The Morgan fingerprint density at radius 1 is 1.13 bits per heavy atom. The Bertz CT molecular complexity index is 977. The molecule has 0 saturated carbocycles. The van der Waals surface area contributed by atoms with Crippen LogP contribution in [0.3, 0.4) is 0 Å². The average Bonchev–Trinajstić information content (AvgIpc) is 3.18. The number of aromatic nitrogens is 1. The minimum absolute atomic E-state index is 0. The van der Waals surface area contributed by atoms with Gasteiger partial charge in [0.1, 0.15) is 18.7 Å². The van der Waals surface area contributed by atoms with Crippen molar-refractivity contribution in [1.82, 2.24) is 15.6 Å². The van der Waals surface area contributed by atoms with Gasteiger partial charge in [-0.3, -0.25) is 4.99 Å². The van der Waals surface area contributed by atoms with Crippen molar-refractivity contribution in [1.29, 1.82) is 0 Å². The molecule has 2 aromatic carbocycles. The molecule has 1 heterocycles. The number of aryl methyl sites for hydroxylation is 1. The third-order valence-electron chi connectivity index (χ3n) is 4.06. The summed E-state index contributed by atoms with van der Waals surface area (Å²) < 4.78 is 37.2. The maximum absolute atomic E-state index is 13.5. The Kier molecular flexibility index (Phi) is 9.03. The molecular formula is C21H23F2IN4O2. The van der Waals surface area contributed by atoms with Crippen molar-refractivity contribution in [3.8, 4) is 17.2 Å². The van der Waals surface area contributed by atoms with Crippen LogP contribution in [0, 0.1) is 18.6 Å². The van der Waals surface area contributed by atoms with Crippen LogP contribution in [0.15, 0.2) is 58.1 Å². The standard InChI is InChI=1S/C21H22F2N4O2.HI/c1-14-3-5-15(6-4-14)20-27-17(13-29-20)12-26-21(24-2)25-9-10-28-19-8-7-16(22)11-18(19)23;/h3-8,11,13H,9-10,12H2,1-2H3,(H2,24,25,26);1H. The maximum Gasteiger partial charge on any atom is 0.226 e. The van der Waals surface area contributed by atoms with Crippen molar-refractivity contribution in [2.75, 3.05) is 20.2 Å². The lowest BCUT2D eigenvalue weighted by Gasteiger charge is -2.12. The molecule has 0 unspecified atom stereocenters. The van der Waals surface area contributed by atoms with Crippen molar-refractivity contribution in [3.05, 3.63) is 71.6 Å². The zero-order valence-corrected chi connectivity index (χ0v) is 18.9. The Morgan fingerprint density at radius 2 is 1.90 bits per heavy atom. The van der Waals surface area contributed by atoms with Gasteiger partial charge in [0.2, 0.25) is 5.89 Å². The average molecular weight is 528 g/mol. The monoisotopic (exact) mass is 528 g/mol. The van der Waals surface area contributed by atoms with Crippen LogP contribution in [-0.4, -0.2) is 31.1 Å². The zero-order chi connectivity index (χ0) is 20.6. The van der Waals surface area contributed by atoms with E-state index in [-0.39, 0.29) is 36.3 Å². The SMILES string of the molecule is CN=C(NCCOc1ccc(F)cc1F)NCc1coc(-c2ccc(C)cc2)n1.I. The Labute approximate surface area is 190 Å². The number of nitrogens with one attached hydrogen (secondary N) is 2. The molecule has 2 N–H and O–H groups in total. The molecule has 0 aliphatic heterocycles. The number of guanidine groups is 1. The van der Waals surface area contributed by atoms with E-state index < -0.39 is 11.6 Å². The number of halogens is 3. The quantitative estimate of drug-likeness (QED) is 0.207. The number of hydrogen-bond donors (Lipinski definition) is 2. The van der Waals surface area contributed by atoms with Gasteiger partial charge in [-0.1, -0.05) is 17.7 Å². The topological polar surface area (TPSA) is 71.7 Å². The fourth-order valence-corrected chi connectivity index (χ4v) is 2.53. The summed E-state index contributed by atoms with van der Waals surface area (Å²) in [6.45, 7) is 3.01. The highest BCUT2D eigenvalue weighted by molar-refractivity contribution is 14.0. The van der Waals surface area contributed by atoms with Crippen LogP contribution in [0.1, 0.15) is 11.3 Å². The molecule has 160 valence electrons. The largest absolute Gasteiger partial charge is 0.489 e. The van der Waals surface area contributed by atoms with Gasteiger partial charge in [0.25, 0.3) is 0 Å². The van der Waals surface area contributed by atoms with Crippen molar-refractivity contribution in [2.45, 2.75) is 13.5 Å². The van der Waals surface area contributed by atoms with Gasteiger partial charge in [-0.25, -0.2) is 13.8 Å². The highest BCUT2D eigenvalue weighted by atomic mass is 127. The minimum Gasteiger partial charge on any atom is -0.489 e. The van der Waals surface area contributed by atoms with Gasteiger partial charge in [0.05, 0.1) is 18.8 Å². The van der Waals surface area contributed by atoms with Crippen molar-refractivity contribution >= 4 is 29.9 Å². The summed E-state index contributed by atoms with van der Waals surface area (Å²) in [4.78, 5) is 8.57. The van der Waals surface area contributed by atoms with E-state index in [1.54, 1.807) is 13.3 Å². The molecule has 0 radical (unpaired) electrons. The lowest BCUT2D eigenvalue weighted by atomic mass is 10.1. The third-order valence-corrected chi connectivity index (χ3v) is 4.06. The molecule has 0 aliphatic carbocycles. The first-order chi connectivity index (χ1) is 14.0. The number of oxazole rings is 1. The molecule has 0 bridgehead atoms. The second-order valence-electron chi connectivity index (χ2n) is 6.29. The normalized spacial score (nSPS) is 11.0. The van der Waals surface area contributed by atoms with Crippen LogP contribution in [0.2, 0.25) is 0 Å². The molecule has 9 heteroatoms. The van der Waals surface area contributed by atoms with Gasteiger partial charge in [0.15, 0.2) is 17.5 Å². The van der Waals surface area contributed by atoms with E-state index in [0.717, 1.165) is 23.4 Å². The summed E-state index contributed by atoms with van der Waals surface area (Å²) in [6, 6.07) is 11.1. The van der Waals surface area contributed by atoms with Gasteiger partial charge in [-0.05, 0) is 31.2 Å². The fourth-order valence-electron chi connectivity index (χ4n) is 2.53. The smallest absolute Gasteiger partial charge is 0.226 e. The summed E-state index contributed by atoms with van der Waals surface area (Å²) in [5.41, 5.74) is 2.81. The molecule has 0 spiro atoms. The first-order valence-corrected chi connectivity index (χ1v) is 9.09.